The van der Waals surface area contributed by atoms with Crippen LogP contribution in [-0.4, -0.2) is 22.7 Å². The monoisotopic (exact) mass is 345 g/mol. The maximum absolute atomic E-state index is 11.8. The van der Waals surface area contributed by atoms with Crippen molar-refractivity contribution in [3.63, 3.8) is 0 Å². The van der Waals surface area contributed by atoms with Crippen molar-refractivity contribution in [3.8, 4) is 0 Å². The third-order valence-electron chi connectivity index (χ3n) is 2.34. The van der Waals surface area contributed by atoms with Gasteiger partial charge in [0.25, 0.3) is 0 Å². The number of carboxylic acid groups (broad SMARTS) is 1. The van der Waals surface area contributed by atoms with Gasteiger partial charge in [0.15, 0.2) is 5.09 Å². The summed E-state index contributed by atoms with van der Waals surface area (Å²) in [5.74, 6) is -1.51. The van der Waals surface area contributed by atoms with Crippen molar-refractivity contribution in [1.29, 1.82) is 0 Å². The Hall–Kier alpha value is -1.63. The van der Waals surface area contributed by atoms with Gasteiger partial charge in [-0.25, -0.2) is 4.79 Å². The van der Waals surface area contributed by atoms with Crippen LogP contribution in [0.1, 0.15) is 10.6 Å². The van der Waals surface area contributed by atoms with Crippen molar-refractivity contribution in [2.75, 3.05) is 11.1 Å². The van der Waals surface area contributed by atoms with E-state index in [2.05, 4.69) is 5.32 Å². The Bertz CT molecular complexity index is 687. The maximum atomic E-state index is 11.8. The zero-order chi connectivity index (χ0) is 15.4. The first-order valence-corrected chi connectivity index (χ1v) is 7.40. The van der Waals surface area contributed by atoms with Crippen LogP contribution in [0, 0.1) is 0 Å². The largest absolute Gasteiger partial charge is 0.475 e. The minimum absolute atomic E-state index is 0.0762. The quantitative estimate of drug-likeness (QED) is 0.800. The Balaban J connectivity index is 1.89. The minimum Gasteiger partial charge on any atom is -0.475 e. The predicted molar refractivity (Wildman–Crippen MR) is 81.5 cm³/mol. The first-order valence-electron chi connectivity index (χ1n) is 5.66. The van der Waals surface area contributed by atoms with Gasteiger partial charge in [0.05, 0.1) is 15.8 Å². The standard InChI is InChI=1S/C13H9Cl2NO4S/c14-8-2-1-7(5-9(8)15)16-11(17)6-21-12-4-3-10(20-12)13(18)19/h1-5H,6H2,(H,16,17)(H,18,19). The highest BCUT2D eigenvalue weighted by atomic mass is 35.5. The van der Waals surface area contributed by atoms with Gasteiger partial charge in [-0.3, -0.25) is 4.79 Å². The summed E-state index contributed by atoms with van der Waals surface area (Å²) >= 11 is 12.7. The number of rotatable bonds is 5. The number of carbonyl (C=O) groups is 2. The molecule has 0 bridgehead atoms. The Labute approximate surface area is 134 Å². The van der Waals surface area contributed by atoms with Crippen LogP contribution in [0.3, 0.4) is 0 Å². The summed E-state index contributed by atoms with van der Waals surface area (Å²) in [4.78, 5) is 22.4. The molecule has 0 saturated heterocycles. The lowest BCUT2D eigenvalue weighted by molar-refractivity contribution is -0.113. The van der Waals surface area contributed by atoms with Crippen LogP contribution in [0.4, 0.5) is 5.69 Å². The minimum atomic E-state index is -1.15. The summed E-state index contributed by atoms with van der Waals surface area (Å²) < 4.78 is 5.03. The molecule has 8 heteroatoms. The summed E-state index contributed by atoms with van der Waals surface area (Å²) in [6.45, 7) is 0. The fourth-order valence-electron chi connectivity index (χ4n) is 1.42. The predicted octanol–water partition coefficient (Wildman–Crippen LogP) is 4.02. The van der Waals surface area contributed by atoms with Crippen LogP contribution >= 0.6 is 35.0 Å². The molecule has 0 aliphatic rings. The number of thioether (sulfide) groups is 1. The number of amides is 1. The first kappa shape index (κ1) is 15.8. The van der Waals surface area contributed by atoms with E-state index in [1.807, 2.05) is 0 Å². The molecule has 1 amide bonds. The third-order valence-corrected chi connectivity index (χ3v) is 3.99. The Morgan fingerprint density at radius 2 is 1.95 bits per heavy atom. The summed E-state index contributed by atoms with van der Waals surface area (Å²) in [7, 11) is 0. The van der Waals surface area contributed by atoms with Crippen molar-refractivity contribution < 1.29 is 19.1 Å². The van der Waals surface area contributed by atoms with E-state index in [0.717, 1.165) is 11.8 Å². The van der Waals surface area contributed by atoms with Gasteiger partial charge < -0.3 is 14.8 Å². The van der Waals surface area contributed by atoms with Crippen LogP contribution in [0.15, 0.2) is 39.8 Å². The highest BCUT2D eigenvalue weighted by molar-refractivity contribution is 7.99. The number of anilines is 1. The molecule has 0 aliphatic heterocycles. The number of furan rings is 1. The molecule has 0 aliphatic carbocycles. The lowest BCUT2D eigenvalue weighted by Crippen LogP contribution is -2.13. The van der Waals surface area contributed by atoms with Gasteiger partial charge in [0.2, 0.25) is 11.7 Å². The molecule has 0 saturated carbocycles. The summed E-state index contributed by atoms with van der Waals surface area (Å²) in [5.41, 5.74) is 0.528. The highest BCUT2D eigenvalue weighted by Crippen LogP contribution is 2.25. The Morgan fingerprint density at radius 3 is 2.57 bits per heavy atom. The number of halogens is 2. The van der Waals surface area contributed by atoms with E-state index in [4.69, 9.17) is 32.7 Å². The molecule has 2 aromatic rings. The lowest BCUT2D eigenvalue weighted by Gasteiger charge is -2.05. The van der Waals surface area contributed by atoms with E-state index < -0.39 is 5.97 Å². The van der Waals surface area contributed by atoms with Gasteiger partial charge in [-0.15, -0.1) is 0 Å². The fourth-order valence-corrected chi connectivity index (χ4v) is 2.38. The van der Waals surface area contributed by atoms with E-state index in [0.29, 0.717) is 20.8 Å². The van der Waals surface area contributed by atoms with E-state index in [1.165, 1.54) is 12.1 Å². The molecule has 0 atom stereocenters. The molecule has 1 aromatic carbocycles. The summed E-state index contributed by atoms with van der Waals surface area (Å²) in [5, 5.41) is 12.5. The second-order valence-electron chi connectivity index (χ2n) is 3.89. The molecule has 110 valence electrons. The molecule has 1 heterocycles. The number of carboxylic acids is 1. The number of hydrogen-bond donors (Lipinski definition) is 2. The summed E-state index contributed by atoms with van der Waals surface area (Å²) in [6, 6.07) is 7.59. The molecule has 5 nitrogen and oxygen atoms in total. The molecule has 0 radical (unpaired) electrons. The average Bonchev–Trinajstić information content (AvgIpc) is 2.90. The van der Waals surface area contributed by atoms with Crippen molar-refractivity contribution in [2.24, 2.45) is 0 Å². The SMILES string of the molecule is O=C(CSc1ccc(C(=O)O)o1)Nc1ccc(Cl)c(Cl)c1. The zero-order valence-electron chi connectivity index (χ0n) is 10.4. The van der Waals surface area contributed by atoms with Gasteiger partial charge >= 0.3 is 5.97 Å². The van der Waals surface area contributed by atoms with Crippen molar-refractivity contribution in [1.82, 2.24) is 0 Å². The normalized spacial score (nSPS) is 10.4. The molecule has 21 heavy (non-hydrogen) atoms. The number of aromatic carboxylic acids is 1. The molecular weight excluding hydrogens is 337 g/mol. The van der Waals surface area contributed by atoms with Crippen LogP contribution in [0.25, 0.3) is 0 Å². The molecular formula is C13H9Cl2NO4S. The van der Waals surface area contributed by atoms with Crippen LogP contribution < -0.4 is 5.32 Å². The van der Waals surface area contributed by atoms with Gasteiger partial charge in [-0.1, -0.05) is 35.0 Å². The smallest absolute Gasteiger partial charge is 0.371 e. The number of hydrogen-bond acceptors (Lipinski definition) is 4. The molecule has 1 aromatic heterocycles. The molecule has 2 N–H and O–H groups in total. The second kappa shape index (κ2) is 6.89. The van der Waals surface area contributed by atoms with Crippen LogP contribution in [-0.2, 0) is 4.79 Å². The molecule has 0 unspecified atom stereocenters. The second-order valence-corrected chi connectivity index (χ2v) is 5.68. The number of carbonyl (C=O) groups excluding carboxylic acids is 1. The zero-order valence-corrected chi connectivity index (χ0v) is 12.8. The lowest BCUT2D eigenvalue weighted by atomic mass is 10.3. The average molecular weight is 346 g/mol. The maximum Gasteiger partial charge on any atom is 0.371 e. The van der Waals surface area contributed by atoms with E-state index in [1.54, 1.807) is 18.2 Å². The Morgan fingerprint density at radius 1 is 1.19 bits per heavy atom. The molecule has 2 rings (SSSR count). The van der Waals surface area contributed by atoms with E-state index in [-0.39, 0.29) is 17.4 Å². The molecule has 0 spiro atoms. The van der Waals surface area contributed by atoms with Gasteiger partial charge in [0.1, 0.15) is 0 Å². The van der Waals surface area contributed by atoms with Crippen LogP contribution in [0.2, 0.25) is 10.0 Å². The van der Waals surface area contributed by atoms with Gasteiger partial charge in [0, 0.05) is 5.69 Å². The third kappa shape index (κ3) is 4.42. The van der Waals surface area contributed by atoms with Crippen molar-refractivity contribution in [3.05, 3.63) is 46.1 Å². The van der Waals surface area contributed by atoms with Crippen LogP contribution in [0.5, 0.6) is 0 Å². The Kier molecular flexibility index (Phi) is 5.17. The topological polar surface area (TPSA) is 79.5 Å². The van der Waals surface area contributed by atoms with Gasteiger partial charge in [-0.2, -0.15) is 0 Å². The van der Waals surface area contributed by atoms with E-state index >= 15 is 0 Å². The number of nitrogens with one attached hydrogen (secondary N) is 1. The highest BCUT2D eigenvalue weighted by Gasteiger charge is 2.11. The van der Waals surface area contributed by atoms with E-state index in [9.17, 15) is 9.59 Å². The first-order chi connectivity index (χ1) is 9.95. The fraction of sp³-hybridized carbons (Fsp3) is 0.0769. The van der Waals surface area contributed by atoms with Gasteiger partial charge in [-0.05, 0) is 30.3 Å². The van der Waals surface area contributed by atoms with Crippen molar-refractivity contribution >= 4 is 52.5 Å². The summed E-state index contributed by atoms with van der Waals surface area (Å²) in [6.07, 6.45) is 0. The van der Waals surface area contributed by atoms with Crippen molar-refractivity contribution in [2.45, 2.75) is 5.09 Å². The number of benzene rings is 1. The molecule has 0 fully saturated rings.